The van der Waals surface area contributed by atoms with E-state index < -0.39 is 0 Å². The van der Waals surface area contributed by atoms with Crippen LogP contribution >= 0.6 is 0 Å². The van der Waals surface area contributed by atoms with Gasteiger partial charge in [0.15, 0.2) is 5.82 Å². The van der Waals surface area contributed by atoms with Crippen LogP contribution in [0, 0.1) is 0 Å². The predicted molar refractivity (Wildman–Crippen MR) is 93.9 cm³/mol. The molecule has 25 heavy (non-hydrogen) atoms. The Hall–Kier alpha value is -2.37. The standard InChI is InChI=1S/C19H25N3O3/c1-4-13(2)17-20-18(25-21-17)15-6-5-11-22(12-15)19(23)14-7-9-16(24-3)10-8-14/h7-10,13,15H,4-6,11-12H2,1-3H3/t13-,15+/m0/s1. The molecule has 6 heteroatoms. The van der Waals surface area contributed by atoms with E-state index in [1.54, 1.807) is 19.2 Å². The second-order valence-corrected chi connectivity index (χ2v) is 6.62. The molecule has 1 aliphatic heterocycles. The van der Waals surface area contributed by atoms with E-state index in [2.05, 4.69) is 24.0 Å². The number of benzene rings is 1. The largest absolute Gasteiger partial charge is 0.497 e. The molecule has 2 heterocycles. The maximum Gasteiger partial charge on any atom is 0.253 e. The van der Waals surface area contributed by atoms with Crippen molar-refractivity contribution in [3.63, 3.8) is 0 Å². The minimum atomic E-state index is 0.0361. The van der Waals surface area contributed by atoms with Crippen LogP contribution < -0.4 is 4.74 Å². The van der Waals surface area contributed by atoms with Crippen molar-refractivity contribution in [3.05, 3.63) is 41.5 Å². The molecular weight excluding hydrogens is 318 g/mol. The van der Waals surface area contributed by atoms with Crippen LogP contribution in [0.2, 0.25) is 0 Å². The van der Waals surface area contributed by atoms with Crippen LogP contribution in [0.4, 0.5) is 0 Å². The van der Waals surface area contributed by atoms with Crippen LogP contribution in [0.15, 0.2) is 28.8 Å². The molecule has 1 aliphatic rings. The van der Waals surface area contributed by atoms with Crippen molar-refractivity contribution in [1.82, 2.24) is 15.0 Å². The maximum absolute atomic E-state index is 12.8. The number of carbonyl (C=O) groups is 1. The third-order valence-corrected chi connectivity index (χ3v) is 4.91. The predicted octanol–water partition coefficient (Wildman–Crippen LogP) is 3.61. The van der Waals surface area contributed by atoms with Gasteiger partial charge in [-0.3, -0.25) is 4.79 Å². The summed E-state index contributed by atoms with van der Waals surface area (Å²) in [6, 6.07) is 7.23. The summed E-state index contributed by atoms with van der Waals surface area (Å²) in [5.41, 5.74) is 0.673. The van der Waals surface area contributed by atoms with Crippen LogP contribution in [-0.2, 0) is 0 Å². The molecule has 3 rings (SSSR count). The molecule has 0 spiro atoms. The normalized spacial score (nSPS) is 18.8. The Kier molecular flexibility index (Phi) is 5.36. The monoisotopic (exact) mass is 343 g/mol. The van der Waals surface area contributed by atoms with E-state index in [4.69, 9.17) is 9.26 Å². The number of ether oxygens (including phenoxy) is 1. The lowest BCUT2D eigenvalue weighted by molar-refractivity contribution is 0.0695. The van der Waals surface area contributed by atoms with E-state index in [0.29, 0.717) is 18.0 Å². The van der Waals surface area contributed by atoms with Gasteiger partial charge in [0.05, 0.1) is 13.0 Å². The fourth-order valence-corrected chi connectivity index (χ4v) is 3.08. The summed E-state index contributed by atoms with van der Waals surface area (Å²) in [6.45, 7) is 5.58. The number of amides is 1. The van der Waals surface area contributed by atoms with Crippen LogP contribution in [0.3, 0.4) is 0 Å². The molecule has 2 atom stereocenters. The first kappa shape index (κ1) is 17.5. The second kappa shape index (κ2) is 7.68. The Bertz CT molecular complexity index is 711. The van der Waals surface area contributed by atoms with E-state index in [-0.39, 0.29) is 17.7 Å². The van der Waals surface area contributed by atoms with Crippen LogP contribution in [-0.4, -0.2) is 41.1 Å². The minimum absolute atomic E-state index is 0.0361. The van der Waals surface area contributed by atoms with Gasteiger partial charge < -0.3 is 14.2 Å². The van der Waals surface area contributed by atoms with Crippen molar-refractivity contribution in [3.8, 4) is 5.75 Å². The first-order valence-electron chi connectivity index (χ1n) is 8.89. The van der Waals surface area contributed by atoms with E-state index in [9.17, 15) is 4.79 Å². The SMILES string of the molecule is CC[C@H](C)c1noc([C@@H]2CCCN(C(=O)c3ccc(OC)cc3)C2)n1. The third kappa shape index (κ3) is 3.83. The molecular formula is C19H25N3O3. The first-order valence-corrected chi connectivity index (χ1v) is 8.89. The van der Waals surface area contributed by atoms with Crippen LogP contribution in [0.1, 0.15) is 67.0 Å². The topological polar surface area (TPSA) is 68.5 Å². The van der Waals surface area contributed by atoms with Crippen molar-refractivity contribution in [2.24, 2.45) is 0 Å². The average molecular weight is 343 g/mol. The number of methoxy groups -OCH3 is 1. The number of aromatic nitrogens is 2. The quantitative estimate of drug-likeness (QED) is 0.829. The van der Waals surface area contributed by atoms with Crippen molar-refractivity contribution >= 4 is 5.91 Å². The van der Waals surface area contributed by atoms with Gasteiger partial charge in [-0.05, 0) is 43.5 Å². The molecule has 0 bridgehead atoms. The summed E-state index contributed by atoms with van der Waals surface area (Å²) in [5, 5.41) is 4.11. The van der Waals surface area contributed by atoms with Gasteiger partial charge in [-0.15, -0.1) is 0 Å². The molecule has 134 valence electrons. The highest BCUT2D eigenvalue weighted by molar-refractivity contribution is 5.94. The van der Waals surface area contributed by atoms with E-state index in [1.165, 1.54) is 0 Å². The Labute approximate surface area is 148 Å². The fourth-order valence-electron chi connectivity index (χ4n) is 3.08. The molecule has 0 N–H and O–H groups in total. The van der Waals surface area contributed by atoms with Crippen molar-refractivity contribution in [2.75, 3.05) is 20.2 Å². The van der Waals surface area contributed by atoms with E-state index in [1.807, 2.05) is 17.0 Å². The minimum Gasteiger partial charge on any atom is -0.497 e. The number of piperidine rings is 1. The summed E-state index contributed by atoms with van der Waals surface area (Å²) < 4.78 is 10.6. The number of nitrogens with zero attached hydrogens (tertiary/aromatic N) is 3. The van der Waals surface area contributed by atoms with Gasteiger partial charge in [0.25, 0.3) is 5.91 Å². The fraction of sp³-hybridized carbons (Fsp3) is 0.526. The lowest BCUT2D eigenvalue weighted by Gasteiger charge is -2.31. The maximum atomic E-state index is 12.8. The van der Waals surface area contributed by atoms with Gasteiger partial charge in [-0.2, -0.15) is 4.98 Å². The molecule has 1 saturated heterocycles. The van der Waals surface area contributed by atoms with Crippen molar-refractivity contribution < 1.29 is 14.1 Å². The molecule has 0 radical (unpaired) electrons. The second-order valence-electron chi connectivity index (χ2n) is 6.62. The van der Waals surface area contributed by atoms with Crippen molar-refractivity contribution in [2.45, 2.75) is 44.9 Å². The number of hydrogen-bond donors (Lipinski definition) is 0. The Morgan fingerprint density at radius 3 is 2.84 bits per heavy atom. The summed E-state index contributed by atoms with van der Waals surface area (Å²) in [4.78, 5) is 19.2. The zero-order valence-electron chi connectivity index (χ0n) is 15.1. The lowest BCUT2D eigenvalue weighted by Crippen LogP contribution is -2.39. The van der Waals surface area contributed by atoms with Gasteiger partial charge >= 0.3 is 0 Å². The van der Waals surface area contributed by atoms with Crippen molar-refractivity contribution in [1.29, 1.82) is 0 Å². The van der Waals surface area contributed by atoms with Gasteiger partial charge in [0.1, 0.15) is 5.75 Å². The zero-order valence-corrected chi connectivity index (χ0v) is 15.1. The smallest absolute Gasteiger partial charge is 0.253 e. The van der Waals surface area contributed by atoms with E-state index >= 15 is 0 Å². The molecule has 1 aromatic heterocycles. The number of likely N-dealkylation sites (tertiary alicyclic amines) is 1. The van der Waals surface area contributed by atoms with E-state index in [0.717, 1.165) is 37.4 Å². The molecule has 2 aromatic rings. The average Bonchev–Trinajstić information content (AvgIpc) is 3.17. The molecule has 1 aromatic carbocycles. The number of hydrogen-bond acceptors (Lipinski definition) is 5. The highest BCUT2D eigenvalue weighted by Gasteiger charge is 2.29. The Morgan fingerprint density at radius 2 is 2.16 bits per heavy atom. The molecule has 6 nitrogen and oxygen atoms in total. The summed E-state index contributed by atoms with van der Waals surface area (Å²) >= 11 is 0. The van der Waals surface area contributed by atoms with Gasteiger partial charge in [0, 0.05) is 24.6 Å². The molecule has 1 fully saturated rings. The molecule has 1 amide bonds. The zero-order chi connectivity index (χ0) is 17.8. The highest BCUT2D eigenvalue weighted by atomic mass is 16.5. The lowest BCUT2D eigenvalue weighted by atomic mass is 9.97. The molecule has 0 unspecified atom stereocenters. The summed E-state index contributed by atoms with van der Waals surface area (Å²) in [5.74, 6) is 2.60. The van der Waals surface area contributed by atoms with Gasteiger partial charge in [-0.1, -0.05) is 19.0 Å². The molecule has 0 saturated carbocycles. The van der Waals surface area contributed by atoms with Crippen LogP contribution in [0.5, 0.6) is 5.75 Å². The summed E-state index contributed by atoms with van der Waals surface area (Å²) in [7, 11) is 1.62. The van der Waals surface area contributed by atoms with Gasteiger partial charge in [-0.25, -0.2) is 0 Å². The third-order valence-electron chi connectivity index (χ3n) is 4.91. The molecule has 0 aliphatic carbocycles. The van der Waals surface area contributed by atoms with Gasteiger partial charge in [0.2, 0.25) is 5.89 Å². The highest BCUT2D eigenvalue weighted by Crippen LogP contribution is 2.28. The number of carbonyl (C=O) groups excluding carboxylic acids is 1. The number of rotatable bonds is 5. The summed E-state index contributed by atoms with van der Waals surface area (Å²) in [6.07, 6.45) is 2.88. The van der Waals surface area contributed by atoms with Crippen LogP contribution in [0.25, 0.3) is 0 Å². The Balaban J connectivity index is 1.69. The first-order chi connectivity index (χ1) is 12.1. The Morgan fingerprint density at radius 1 is 1.40 bits per heavy atom.